The minimum Gasteiger partial charge on any atom is -0.489 e. The third-order valence-corrected chi connectivity index (χ3v) is 5.40. The highest BCUT2D eigenvalue weighted by molar-refractivity contribution is 5.96. The van der Waals surface area contributed by atoms with Crippen LogP contribution < -0.4 is 10.5 Å². The van der Waals surface area contributed by atoms with Crippen molar-refractivity contribution in [3.63, 3.8) is 0 Å². The lowest BCUT2D eigenvalue weighted by molar-refractivity contribution is 0.150. The number of fused-ring (bicyclic) bond motifs is 1. The van der Waals surface area contributed by atoms with Gasteiger partial charge in [0, 0.05) is 41.4 Å². The van der Waals surface area contributed by atoms with Crippen molar-refractivity contribution in [2.75, 3.05) is 13.2 Å². The molecule has 1 heterocycles. The number of hydrogen-bond acceptors (Lipinski definition) is 3. The Bertz CT molecular complexity index is 1170. The number of para-hydroxylation sites is 1. The highest BCUT2D eigenvalue weighted by Crippen LogP contribution is 2.33. The summed E-state index contributed by atoms with van der Waals surface area (Å²) in [6.45, 7) is 3.89. The second kappa shape index (κ2) is 9.77. The first-order valence-corrected chi connectivity index (χ1v) is 10.6. The molecule has 0 aliphatic rings. The van der Waals surface area contributed by atoms with Crippen molar-refractivity contribution < 1.29 is 13.9 Å². The number of ether oxygens (including phenoxy) is 2. The van der Waals surface area contributed by atoms with Gasteiger partial charge in [-0.15, -0.1) is 0 Å². The maximum Gasteiger partial charge on any atom is 0.135 e. The van der Waals surface area contributed by atoms with E-state index in [2.05, 4.69) is 11.1 Å². The van der Waals surface area contributed by atoms with Crippen LogP contribution in [-0.2, 0) is 24.3 Å². The average Bonchev–Trinajstić information content (AvgIpc) is 3.27. The molecule has 4 aromatic rings. The predicted molar refractivity (Wildman–Crippen MR) is 123 cm³/mol. The number of H-pyrrole nitrogens is 1. The molecule has 0 fully saturated rings. The van der Waals surface area contributed by atoms with E-state index in [1.807, 2.05) is 55.6 Å². The van der Waals surface area contributed by atoms with Crippen LogP contribution in [0.25, 0.3) is 22.0 Å². The van der Waals surface area contributed by atoms with Crippen molar-refractivity contribution in [3.05, 3.63) is 89.4 Å². The quantitative estimate of drug-likeness (QED) is 0.348. The van der Waals surface area contributed by atoms with E-state index in [1.165, 1.54) is 0 Å². The maximum atomic E-state index is 15.0. The number of halogens is 1. The van der Waals surface area contributed by atoms with Crippen molar-refractivity contribution >= 4 is 10.9 Å². The van der Waals surface area contributed by atoms with Crippen LogP contribution in [0.3, 0.4) is 0 Å². The molecule has 0 aliphatic carbocycles. The average molecular weight is 419 g/mol. The van der Waals surface area contributed by atoms with Crippen LogP contribution in [0.5, 0.6) is 5.75 Å². The molecule has 160 valence electrons. The van der Waals surface area contributed by atoms with Crippen molar-refractivity contribution in [2.45, 2.75) is 26.5 Å². The van der Waals surface area contributed by atoms with Gasteiger partial charge in [-0.05, 0) is 54.3 Å². The van der Waals surface area contributed by atoms with Gasteiger partial charge in [-0.3, -0.25) is 0 Å². The van der Waals surface area contributed by atoms with Crippen molar-refractivity contribution in [1.29, 1.82) is 0 Å². The van der Waals surface area contributed by atoms with Gasteiger partial charge in [0.25, 0.3) is 0 Å². The highest BCUT2D eigenvalue weighted by atomic mass is 19.1. The fraction of sp³-hybridized carbons (Fsp3) is 0.231. The van der Waals surface area contributed by atoms with Gasteiger partial charge < -0.3 is 20.2 Å². The van der Waals surface area contributed by atoms with Crippen LogP contribution in [0.1, 0.15) is 23.6 Å². The third-order valence-electron chi connectivity index (χ3n) is 5.40. The summed E-state index contributed by atoms with van der Waals surface area (Å²) in [5.74, 6) is 0.568. The summed E-state index contributed by atoms with van der Waals surface area (Å²) in [6, 6.07) is 19.4. The fourth-order valence-electron chi connectivity index (χ4n) is 3.82. The Labute approximate surface area is 181 Å². The van der Waals surface area contributed by atoms with E-state index in [9.17, 15) is 0 Å². The molecule has 0 radical (unpaired) electrons. The van der Waals surface area contributed by atoms with Crippen molar-refractivity contribution in [1.82, 2.24) is 4.98 Å². The number of hydrogen-bond donors (Lipinski definition) is 2. The largest absolute Gasteiger partial charge is 0.489 e. The number of nitrogens with two attached hydrogens (primary N) is 1. The van der Waals surface area contributed by atoms with Crippen LogP contribution in [-0.4, -0.2) is 18.2 Å². The SMILES string of the molecule is CCOCCc1ccccc1OCc1cc(-c2cccc(CN)c2F)c2cc[nH]c2c1. The predicted octanol–water partition coefficient (Wildman–Crippen LogP) is 5.59. The number of rotatable bonds is 9. The molecular weight excluding hydrogens is 391 g/mol. The molecule has 0 atom stereocenters. The molecule has 4 nitrogen and oxygen atoms in total. The van der Waals surface area contributed by atoms with E-state index in [0.717, 1.165) is 39.8 Å². The Hall–Kier alpha value is -3.15. The number of nitrogens with one attached hydrogen (secondary N) is 1. The third kappa shape index (κ3) is 4.63. The van der Waals surface area contributed by atoms with Gasteiger partial charge in [0.05, 0.1) is 6.61 Å². The van der Waals surface area contributed by atoms with Crippen LogP contribution >= 0.6 is 0 Å². The van der Waals surface area contributed by atoms with Gasteiger partial charge in [0.1, 0.15) is 18.2 Å². The molecule has 1 aromatic heterocycles. The van der Waals surface area contributed by atoms with E-state index in [1.54, 1.807) is 12.1 Å². The first-order chi connectivity index (χ1) is 15.2. The Balaban J connectivity index is 1.64. The number of benzene rings is 3. The molecule has 0 unspecified atom stereocenters. The molecule has 0 saturated heterocycles. The lowest BCUT2D eigenvalue weighted by Crippen LogP contribution is -2.03. The summed E-state index contributed by atoms with van der Waals surface area (Å²) in [6.07, 6.45) is 2.66. The molecule has 0 aliphatic heterocycles. The van der Waals surface area contributed by atoms with Gasteiger partial charge in [0.2, 0.25) is 0 Å². The molecule has 3 aromatic carbocycles. The molecule has 3 N–H and O–H groups in total. The Morgan fingerprint density at radius 2 is 1.81 bits per heavy atom. The summed E-state index contributed by atoms with van der Waals surface area (Å²) in [5.41, 5.74) is 10.6. The standard InChI is InChI=1S/C26H27FN2O2/c1-2-30-13-11-19-6-3-4-9-25(19)31-17-18-14-23(21-10-12-29-24(21)15-18)22-8-5-7-20(16-28)26(22)27/h3-10,12,14-15,29H,2,11,13,16-17,28H2,1H3. The first kappa shape index (κ1) is 21.1. The summed E-state index contributed by atoms with van der Waals surface area (Å²) in [5, 5.41) is 0.967. The van der Waals surface area contributed by atoms with E-state index in [0.29, 0.717) is 30.9 Å². The Kier molecular flexibility index (Phi) is 6.65. The number of aromatic nitrogens is 1. The maximum absolute atomic E-state index is 15.0. The lowest BCUT2D eigenvalue weighted by atomic mass is 9.97. The van der Waals surface area contributed by atoms with Crippen molar-refractivity contribution in [2.24, 2.45) is 5.73 Å². The molecule has 5 heteroatoms. The van der Waals surface area contributed by atoms with Gasteiger partial charge in [0.15, 0.2) is 0 Å². The lowest BCUT2D eigenvalue weighted by Gasteiger charge is -2.14. The second-order valence-electron chi connectivity index (χ2n) is 7.41. The minimum atomic E-state index is -0.271. The van der Waals surface area contributed by atoms with E-state index in [4.69, 9.17) is 15.2 Å². The number of aromatic amines is 1. The normalized spacial score (nSPS) is 11.2. The zero-order chi connectivity index (χ0) is 21.6. The Morgan fingerprint density at radius 1 is 0.968 bits per heavy atom. The van der Waals surface area contributed by atoms with Gasteiger partial charge in [-0.25, -0.2) is 4.39 Å². The topological polar surface area (TPSA) is 60.3 Å². The van der Waals surface area contributed by atoms with Crippen LogP contribution in [0.15, 0.2) is 66.9 Å². The van der Waals surface area contributed by atoms with E-state index in [-0.39, 0.29) is 12.4 Å². The van der Waals surface area contributed by atoms with E-state index < -0.39 is 0 Å². The minimum absolute atomic E-state index is 0.164. The molecular formula is C26H27FN2O2. The fourth-order valence-corrected chi connectivity index (χ4v) is 3.82. The summed E-state index contributed by atoms with van der Waals surface area (Å²) < 4.78 is 26.7. The van der Waals surface area contributed by atoms with Crippen LogP contribution in [0.4, 0.5) is 4.39 Å². The molecule has 31 heavy (non-hydrogen) atoms. The second-order valence-corrected chi connectivity index (χ2v) is 7.41. The van der Waals surface area contributed by atoms with Crippen LogP contribution in [0, 0.1) is 5.82 Å². The highest BCUT2D eigenvalue weighted by Gasteiger charge is 2.14. The first-order valence-electron chi connectivity index (χ1n) is 10.6. The van der Waals surface area contributed by atoms with Gasteiger partial charge in [-0.1, -0.05) is 36.4 Å². The van der Waals surface area contributed by atoms with Gasteiger partial charge >= 0.3 is 0 Å². The van der Waals surface area contributed by atoms with E-state index >= 15 is 4.39 Å². The molecule has 0 bridgehead atoms. The Morgan fingerprint density at radius 3 is 2.65 bits per heavy atom. The van der Waals surface area contributed by atoms with Crippen molar-refractivity contribution in [3.8, 4) is 16.9 Å². The summed E-state index contributed by atoms with van der Waals surface area (Å²) in [4.78, 5) is 3.24. The van der Waals surface area contributed by atoms with Crippen LogP contribution in [0.2, 0.25) is 0 Å². The molecule has 0 saturated carbocycles. The molecule has 4 rings (SSSR count). The smallest absolute Gasteiger partial charge is 0.135 e. The zero-order valence-electron chi connectivity index (χ0n) is 17.7. The summed E-state index contributed by atoms with van der Waals surface area (Å²) in [7, 11) is 0. The monoisotopic (exact) mass is 418 g/mol. The zero-order valence-corrected chi connectivity index (χ0v) is 17.7. The summed E-state index contributed by atoms with van der Waals surface area (Å²) >= 11 is 0. The van der Waals surface area contributed by atoms with Gasteiger partial charge in [-0.2, -0.15) is 0 Å². The molecule has 0 amide bonds. The molecule has 0 spiro atoms.